The summed E-state index contributed by atoms with van der Waals surface area (Å²) >= 11 is 0. The highest BCUT2D eigenvalue weighted by atomic mass is 19.4. The Hall–Kier alpha value is -2.90. The number of primary amides is 1. The van der Waals surface area contributed by atoms with Crippen molar-refractivity contribution in [2.45, 2.75) is 31.5 Å². The Morgan fingerprint density at radius 3 is 2.44 bits per heavy atom. The fourth-order valence-corrected chi connectivity index (χ4v) is 3.41. The van der Waals surface area contributed by atoms with Gasteiger partial charge in [-0.2, -0.15) is 13.2 Å². The summed E-state index contributed by atoms with van der Waals surface area (Å²) in [4.78, 5) is 26.0. The van der Waals surface area contributed by atoms with Crippen LogP contribution in [0.25, 0.3) is 0 Å². The largest absolute Gasteiger partial charge is 0.419 e. The number of amides is 2. The van der Waals surface area contributed by atoms with Crippen molar-refractivity contribution in [2.75, 3.05) is 4.90 Å². The molecule has 2 amide bonds. The molecule has 27 heavy (non-hydrogen) atoms. The second kappa shape index (κ2) is 6.68. The first kappa shape index (κ1) is 18.9. The van der Waals surface area contributed by atoms with Crippen molar-refractivity contribution in [3.05, 3.63) is 65.0 Å². The van der Waals surface area contributed by atoms with Crippen molar-refractivity contribution in [2.24, 2.45) is 5.73 Å². The molecule has 1 heterocycles. The summed E-state index contributed by atoms with van der Waals surface area (Å²) in [5.74, 6) is -3.29. The van der Waals surface area contributed by atoms with E-state index < -0.39 is 41.3 Å². The van der Waals surface area contributed by atoms with Crippen molar-refractivity contribution in [1.29, 1.82) is 0 Å². The number of anilines is 1. The first-order valence-electron chi connectivity index (χ1n) is 8.19. The van der Waals surface area contributed by atoms with Crippen LogP contribution in [0.4, 0.5) is 23.2 Å². The van der Waals surface area contributed by atoms with E-state index in [0.717, 1.165) is 6.07 Å². The Morgan fingerprint density at radius 2 is 1.81 bits per heavy atom. The monoisotopic (exact) mass is 380 g/mol. The van der Waals surface area contributed by atoms with Gasteiger partial charge in [-0.1, -0.05) is 18.2 Å². The van der Waals surface area contributed by atoms with E-state index in [4.69, 9.17) is 5.73 Å². The van der Waals surface area contributed by atoms with Crippen LogP contribution in [-0.2, 0) is 11.0 Å². The molecule has 0 saturated carbocycles. The van der Waals surface area contributed by atoms with E-state index in [-0.39, 0.29) is 12.0 Å². The van der Waals surface area contributed by atoms with Crippen molar-refractivity contribution in [3.8, 4) is 0 Å². The number of benzene rings is 2. The van der Waals surface area contributed by atoms with Gasteiger partial charge in [-0.3, -0.25) is 9.59 Å². The van der Waals surface area contributed by atoms with Crippen molar-refractivity contribution in [1.82, 2.24) is 0 Å². The number of halogens is 4. The zero-order valence-electron chi connectivity index (χ0n) is 14.3. The number of para-hydroxylation sites is 1. The third-order valence-electron chi connectivity index (χ3n) is 4.67. The Balaban J connectivity index is 2.07. The number of carbonyl (C=O) groups excluding carboxylic acids is 2. The number of alkyl halides is 3. The lowest BCUT2D eigenvalue weighted by atomic mass is 9.85. The standard InChI is InChI=1S/C19H16F4N2O2/c1-10-8-13(17(24)26)12-4-2-3-5-16(12)25(10)18(27)11-6-7-15(20)14(9-11)19(21,22)23/h2-7,9-10,13H,8H2,1H3,(H2,24,26)/t10-,13-/m0/s1. The normalized spacial score (nSPS) is 19.5. The number of nitrogens with zero attached hydrogens (tertiary/aromatic N) is 1. The van der Waals surface area contributed by atoms with Crippen molar-refractivity contribution < 1.29 is 27.2 Å². The van der Waals surface area contributed by atoms with Gasteiger partial charge in [0.1, 0.15) is 5.82 Å². The molecule has 2 atom stereocenters. The van der Waals surface area contributed by atoms with E-state index in [9.17, 15) is 27.2 Å². The Bertz CT molecular complexity index is 911. The first-order chi connectivity index (χ1) is 12.6. The van der Waals surface area contributed by atoms with Gasteiger partial charge in [0.2, 0.25) is 5.91 Å². The molecular weight excluding hydrogens is 364 g/mol. The predicted molar refractivity (Wildman–Crippen MR) is 90.7 cm³/mol. The molecule has 0 spiro atoms. The van der Waals surface area contributed by atoms with Gasteiger partial charge in [0.15, 0.2) is 0 Å². The summed E-state index contributed by atoms with van der Waals surface area (Å²) < 4.78 is 52.5. The summed E-state index contributed by atoms with van der Waals surface area (Å²) in [7, 11) is 0. The molecule has 0 aromatic heterocycles. The minimum Gasteiger partial charge on any atom is -0.369 e. The molecule has 0 radical (unpaired) electrons. The van der Waals surface area contributed by atoms with Gasteiger partial charge >= 0.3 is 6.18 Å². The molecule has 2 N–H and O–H groups in total. The molecule has 2 aromatic rings. The maximum absolute atomic E-state index is 13.5. The molecule has 142 valence electrons. The second-order valence-corrected chi connectivity index (χ2v) is 6.47. The predicted octanol–water partition coefficient (Wildman–Crippen LogP) is 3.85. The molecule has 1 aliphatic rings. The third kappa shape index (κ3) is 3.39. The lowest BCUT2D eigenvalue weighted by molar-refractivity contribution is -0.140. The fourth-order valence-electron chi connectivity index (χ4n) is 3.41. The van der Waals surface area contributed by atoms with Gasteiger partial charge < -0.3 is 10.6 Å². The zero-order valence-corrected chi connectivity index (χ0v) is 14.3. The van der Waals surface area contributed by atoms with E-state index in [1.807, 2.05) is 0 Å². The molecule has 3 rings (SSSR count). The minimum atomic E-state index is -4.91. The maximum atomic E-state index is 13.5. The van der Waals surface area contributed by atoms with Crippen LogP contribution >= 0.6 is 0 Å². The summed E-state index contributed by atoms with van der Waals surface area (Å²) in [5.41, 5.74) is 4.61. The molecule has 8 heteroatoms. The number of carbonyl (C=O) groups is 2. The quantitative estimate of drug-likeness (QED) is 0.805. The van der Waals surface area contributed by atoms with Crippen LogP contribution < -0.4 is 10.6 Å². The molecule has 0 fully saturated rings. The maximum Gasteiger partial charge on any atom is 0.419 e. The summed E-state index contributed by atoms with van der Waals surface area (Å²) in [6.45, 7) is 1.68. The van der Waals surface area contributed by atoms with E-state index in [2.05, 4.69) is 0 Å². The molecule has 4 nitrogen and oxygen atoms in total. The topological polar surface area (TPSA) is 63.4 Å². The van der Waals surface area contributed by atoms with Crippen LogP contribution in [0.2, 0.25) is 0 Å². The number of hydrogen-bond acceptors (Lipinski definition) is 2. The number of rotatable bonds is 2. The third-order valence-corrected chi connectivity index (χ3v) is 4.67. The molecule has 0 saturated heterocycles. The van der Waals surface area contributed by atoms with Crippen molar-refractivity contribution in [3.63, 3.8) is 0 Å². The van der Waals surface area contributed by atoms with Crippen LogP contribution in [0.1, 0.15) is 40.7 Å². The van der Waals surface area contributed by atoms with Gasteiger partial charge in [-0.05, 0) is 43.2 Å². The highest BCUT2D eigenvalue weighted by molar-refractivity contribution is 6.08. The fraction of sp³-hybridized carbons (Fsp3) is 0.263. The van der Waals surface area contributed by atoms with Crippen LogP contribution in [0.5, 0.6) is 0 Å². The van der Waals surface area contributed by atoms with Gasteiger partial charge in [0, 0.05) is 17.3 Å². The summed E-state index contributed by atoms with van der Waals surface area (Å²) in [5, 5.41) is 0. The zero-order chi connectivity index (χ0) is 19.9. The molecular formula is C19H16F4N2O2. The Morgan fingerprint density at radius 1 is 1.15 bits per heavy atom. The highest BCUT2D eigenvalue weighted by Crippen LogP contribution is 2.39. The second-order valence-electron chi connectivity index (χ2n) is 6.47. The van der Waals surface area contributed by atoms with Gasteiger partial charge in [-0.25, -0.2) is 4.39 Å². The number of fused-ring (bicyclic) bond motifs is 1. The molecule has 1 aliphatic heterocycles. The lowest BCUT2D eigenvalue weighted by Crippen LogP contribution is -2.45. The smallest absolute Gasteiger partial charge is 0.369 e. The molecule has 0 unspecified atom stereocenters. The van der Waals surface area contributed by atoms with E-state index in [0.29, 0.717) is 23.4 Å². The molecule has 0 bridgehead atoms. The average Bonchev–Trinajstić information content (AvgIpc) is 2.59. The summed E-state index contributed by atoms with van der Waals surface area (Å²) in [6.07, 6.45) is -4.67. The number of nitrogens with two attached hydrogens (primary N) is 1. The van der Waals surface area contributed by atoms with Crippen LogP contribution in [-0.4, -0.2) is 17.9 Å². The van der Waals surface area contributed by atoms with Gasteiger partial charge in [-0.15, -0.1) is 0 Å². The van der Waals surface area contributed by atoms with Gasteiger partial charge in [0.05, 0.1) is 11.5 Å². The molecule has 2 aromatic carbocycles. The Kier molecular flexibility index (Phi) is 4.67. The lowest BCUT2D eigenvalue weighted by Gasteiger charge is -2.38. The van der Waals surface area contributed by atoms with E-state index >= 15 is 0 Å². The van der Waals surface area contributed by atoms with Crippen LogP contribution in [0, 0.1) is 5.82 Å². The minimum absolute atomic E-state index is 0.241. The average molecular weight is 380 g/mol. The van der Waals surface area contributed by atoms with Crippen molar-refractivity contribution >= 4 is 17.5 Å². The summed E-state index contributed by atoms with van der Waals surface area (Å²) in [6, 6.07) is 8.27. The first-order valence-corrected chi connectivity index (χ1v) is 8.19. The van der Waals surface area contributed by atoms with Gasteiger partial charge in [0.25, 0.3) is 5.91 Å². The number of hydrogen-bond donors (Lipinski definition) is 1. The SMILES string of the molecule is C[C@H]1C[C@H](C(N)=O)c2ccccc2N1C(=O)c1ccc(F)c(C(F)(F)F)c1. The highest BCUT2D eigenvalue weighted by Gasteiger charge is 2.38. The molecule has 0 aliphatic carbocycles. The van der Waals surface area contributed by atoms with Crippen LogP contribution in [0.3, 0.4) is 0 Å². The Labute approximate surface area is 152 Å². The van der Waals surface area contributed by atoms with E-state index in [1.165, 1.54) is 4.90 Å². The van der Waals surface area contributed by atoms with Crippen LogP contribution in [0.15, 0.2) is 42.5 Å². The van der Waals surface area contributed by atoms with E-state index in [1.54, 1.807) is 31.2 Å².